The van der Waals surface area contributed by atoms with Crippen LogP contribution in [0.5, 0.6) is 0 Å². The molecule has 156 valence electrons. The van der Waals surface area contributed by atoms with Crippen molar-refractivity contribution in [3.05, 3.63) is 52.1 Å². The molecule has 29 heavy (non-hydrogen) atoms. The third kappa shape index (κ3) is 5.33. The van der Waals surface area contributed by atoms with E-state index in [9.17, 15) is 9.18 Å². The normalized spacial score (nSPS) is 14.5. The third-order valence-corrected chi connectivity index (χ3v) is 4.92. The smallest absolute Gasteiger partial charge is 0.318 e. The first-order valence-electron chi connectivity index (χ1n) is 9.48. The number of nitrogens with zero attached hydrogens (tertiary/aromatic N) is 3. The van der Waals surface area contributed by atoms with Gasteiger partial charge in [0.25, 0.3) is 0 Å². The molecule has 2 heterocycles. The maximum Gasteiger partial charge on any atom is 0.318 e. The van der Waals surface area contributed by atoms with Crippen LogP contribution in [0.4, 0.5) is 15.1 Å². The fourth-order valence-corrected chi connectivity index (χ4v) is 3.35. The number of fused-ring (bicyclic) bond motifs is 1. The Balaban J connectivity index is 1.71. The summed E-state index contributed by atoms with van der Waals surface area (Å²) in [4.78, 5) is 23.5. The van der Waals surface area contributed by atoms with Crippen LogP contribution < -0.4 is 10.6 Å². The topological polar surface area (TPSA) is 79.4 Å². The van der Waals surface area contributed by atoms with E-state index in [0.29, 0.717) is 31.0 Å². The Bertz CT molecular complexity index is 880. The molecule has 7 nitrogen and oxygen atoms in total. The molecule has 1 aromatic carbocycles. The second kappa shape index (κ2) is 9.37. The summed E-state index contributed by atoms with van der Waals surface area (Å²) in [6.07, 6.45) is 2.50. The van der Waals surface area contributed by atoms with Crippen molar-refractivity contribution in [1.82, 2.24) is 20.2 Å². The zero-order valence-electron chi connectivity index (χ0n) is 16.7. The highest BCUT2D eigenvalue weighted by atomic mass is 35.5. The number of ether oxygens (including phenoxy) is 1. The van der Waals surface area contributed by atoms with Crippen LogP contribution in [0.25, 0.3) is 0 Å². The van der Waals surface area contributed by atoms with Crippen LogP contribution >= 0.6 is 11.6 Å². The van der Waals surface area contributed by atoms with E-state index in [1.165, 1.54) is 12.1 Å². The van der Waals surface area contributed by atoms with E-state index in [-0.39, 0.29) is 23.7 Å². The summed E-state index contributed by atoms with van der Waals surface area (Å²) in [5, 5.41) is 6.13. The lowest BCUT2D eigenvalue weighted by molar-refractivity contribution is 0.152. The summed E-state index contributed by atoms with van der Waals surface area (Å²) < 4.78 is 18.7. The van der Waals surface area contributed by atoms with Crippen molar-refractivity contribution in [2.75, 3.05) is 25.6 Å². The minimum Gasteiger partial charge on any atom is -0.382 e. The predicted molar refractivity (Wildman–Crippen MR) is 109 cm³/mol. The highest BCUT2D eigenvalue weighted by Gasteiger charge is 2.25. The largest absolute Gasteiger partial charge is 0.382 e. The Morgan fingerprint density at radius 2 is 2.21 bits per heavy atom. The van der Waals surface area contributed by atoms with Gasteiger partial charge in [0.15, 0.2) is 0 Å². The van der Waals surface area contributed by atoms with Gasteiger partial charge in [0.2, 0.25) is 5.95 Å². The molecule has 0 spiro atoms. The Morgan fingerprint density at radius 3 is 2.90 bits per heavy atom. The highest BCUT2D eigenvalue weighted by Crippen LogP contribution is 2.23. The van der Waals surface area contributed by atoms with E-state index in [0.717, 1.165) is 11.3 Å². The van der Waals surface area contributed by atoms with Crippen molar-refractivity contribution in [2.24, 2.45) is 0 Å². The van der Waals surface area contributed by atoms with Crippen LogP contribution in [-0.4, -0.2) is 47.2 Å². The van der Waals surface area contributed by atoms with Crippen LogP contribution in [0.15, 0.2) is 24.4 Å². The molecule has 1 aliphatic heterocycles. The number of aromatic nitrogens is 2. The molecule has 1 aromatic heterocycles. The molecule has 0 bridgehead atoms. The van der Waals surface area contributed by atoms with E-state index >= 15 is 0 Å². The van der Waals surface area contributed by atoms with Gasteiger partial charge >= 0.3 is 6.03 Å². The highest BCUT2D eigenvalue weighted by molar-refractivity contribution is 6.30. The van der Waals surface area contributed by atoms with Crippen LogP contribution in [0.1, 0.15) is 36.7 Å². The zero-order valence-corrected chi connectivity index (χ0v) is 17.5. The Morgan fingerprint density at radius 1 is 1.41 bits per heavy atom. The van der Waals surface area contributed by atoms with Gasteiger partial charge < -0.3 is 20.3 Å². The lowest BCUT2D eigenvalue weighted by Crippen LogP contribution is -2.45. The molecule has 1 atom stereocenters. The number of anilines is 1. The van der Waals surface area contributed by atoms with Crippen molar-refractivity contribution >= 4 is 23.6 Å². The number of urea groups is 1. The molecular weight excluding hydrogens is 397 g/mol. The molecule has 2 N–H and O–H groups in total. The van der Waals surface area contributed by atoms with Gasteiger partial charge in [-0.15, -0.1) is 0 Å². The minimum atomic E-state index is -0.504. The Labute approximate surface area is 174 Å². The number of hydrogen-bond donors (Lipinski definition) is 2. The molecule has 2 amide bonds. The summed E-state index contributed by atoms with van der Waals surface area (Å²) in [7, 11) is 1.54. The van der Waals surface area contributed by atoms with Crippen molar-refractivity contribution < 1.29 is 13.9 Å². The van der Waals surface area contributed by atoms with Gasteiger partial charge in [-0.2, -0.15) is 0 Å². The summed E-state index contributed by atoms with van der Waals surface area (Å²) in [6.45, 7) is 5.21. The fourth-order valence-electron chi connectivity index (χ4n) is 3.16. The molecule has 0 fully saturated rings. The molecule has 0 radical (unpaired) electrons. The molecule has 0 saturated carbocycles. The number of halogens is 2. The standard InChI is InChI=1S/C20H25ClFN5O2/c1-12(2)24-19-23-9-14-6-7-27(10-17(14)25-19)20(28)26-18(11-29-3)13-4-5-16(22)15(21)8-13/h4-5,8-9,12,18H,6-7,10-11H2,1-3H3,(H,26,28)(H,23,24,25)/t18-/m1/s1. The zero-order chi connectivity index (χ0) is 21.0. The average Bonchev–Trinajstić information content (AvgIpc) is 2.68. The predicted octanol–water partition coefficient (Wildman–Crippen LogP) is 3.54. The number of carbonyl (C=O) groups excluding carboxylic acids is 1. The summed E-state index contributed by atoms with van der Waals surface area (Å²) in [6, 6.07) is 3.90. The molecule has 2 aromatic rings. The molecule has 0 aliphatic carbocycles. The Kier molecular flexibility index (Phi) is 6.87. The first-order chi connectivity index (χ1) is 13.9. The van der Waals surface area contributed by atoms with Crippen LogP contribution in [0, 0.1) is 5.82 Å². The van der Waals surface area contributed by atoms with Gasteiger partial charge in [0.05, 0.1) is 29.9 Å². The van der Waals surface area contributed by atoms with E-state index in [4.69, 9.17) is 16.3 Å². The monoisotopic (exact) mass is 421 g/mol. The number of amides is 2. The van der Waals surface area contributed by atoms with Crippen molar-refractivity contribution in [3.63, 3.8) is 0 Å². The summed E-state index contributed by atoms with van der Waals surface area (Å²) >= 11 is 5.89. The van der Waals surface area contributed by atoms with Gasteiger partial charge in [-0.1, -0.05) is 17.7 Å². The van der Waals surface area contributed by atoms with Crippen molar-refractivity contribution in [3.8, 4) is 0 Å². The van der Waals surface area contributed by atoms with Gasteiger partial charge in [-0.25, -0.2) is 19.2 Å². The fraction of sp³-hybridized carbons (Fsp3) is 0.450. The lowest BCUT2D eigenvalue weighted by atomic mass is 10.1. The number of rotatable bonds is 6. The third-order valence-electron chi connectivity index (χ3n) is 4.63. The maximum atomic E-state index is 13.5. The molecular formula is C20H25ClFN5O2. The number of benzene rings is 1. The van der Waals surface area contributed by atoms with Gasteiger partial charge in [-0.05, 0) is 43.5 Å². The first-order valence-corrected chi connectivity index (χ1v) is 9.85. The van der Waals surface area contributed by atoms with Crippen molar-refractivity contribution in [1.29, 1.82) is 0 Å². The van der Waals surface area contributed by atoms with Crippen LogP contribution in [0.2, 0.25) is 5.02 Å². The molecule has 0 saturated heterocycles. The quantitative estimate of drug-likeness (QED) is 0.745. The first kappa shape index (κ1) is 21.3. The minimum absolute atomic E-state index is 0.00614. The number of methoxy groups -OCH3 is 1. The van der Waals surface area contributed by atoms with Gasteiger partial charge in [0, 0.05) is 25.9 Å². The second-order valence-electron chi connectivity index (χ2n) is 7.27. The van der Waals surface area contributed by atoms with Gasteiger partial charge in [-0.3, -0.25) is 0 Å². The summed E-state index contributed by atoms with van der Waals surface area (Å²) in [5.74, 6) is 0.0512. The van der Waals surface area contributed by atoms with E-state index < -0.39 is 11.9 Å². The number of nitrogens with one attached hydrogen (secondary N) is 2. The lowest BCUT2D eigenvalue weighted by Gasteiger charge is -2.30. The average molecular weight is 422 g/mol. The van der Waals surface area contributed by atoms with E-state index in [1.54, 1.807) is 18.1 Å². The van der Waals surface area contributed by atoms with Crippen LogP contribution in [0.3, 0.4) is 0 Å². The van der Waals surface area contributed by atoms with E-state index in [2.05, 4.69) is 20.6 Å². The number of carbonyl (C=O) groups is 1. The Hall–Kier alpha value is -2.45. The SMILES string of the molecule is COC[C@@H](NC(=O)N1CCc2cnc(NC(C)C)nc2C1)c1ccc(F)c(Cl)c1. The summed E-state index contributed by atoms with van der Waals surface area (Å²) in [5.41, 5.74) is 2.55. The molecule has 3 rings (SSSR count). The molecule has 9 heteroatoms. The van der Waals surface area contributed by atoms with E-state index in [1.807, 2.05) is 20.0 Å². The van der Waals surface area contributed by atoms with Gasteiger partial charge in [0.1, 0.15) is 5.82 Å². The second-order valence-corrected chi connectivity index (χ2v) is 7.67. The van der Waals surface area contributed by atoms with Crippen molar-refractivity contribution in [2.45, 2.75) is 38.9 Å². The maximum absolute atomic E-state index is 13.5. The number of hydrogen-bond acceptors (Lipinski definition) is 5. The molecule has 1 aliphatic rings. The molecule has 0 unspecified atom stereocenters. The van der Waals surface area contributed by atoms with Crippen LogP contribution in [-0.2, 0) is 17.7 Å².